The van der Waals surface area contributed by atoms with Gasteiger partial charge in [0.05, 0.1) is 3.92 Å². The highest BCUT2D eigenvalue weighted by Crippen LogP contribution is 2.20. The molecule has 1 fully saturated rings. The molecule has 6 heteroatoms. The summed E-state index contributed by atoms with van der Waals surface area (Å²) in [7, 11) is 0. The van der Waals surface area contributed by atoms with Crippen LogP contribution in [0.25, 0.3) is 0 Å². The maximum atomic E-state index is 11.2. The van der Waals surface area contributed by atoms with Gasteiger partial charge in [-0.3, -0.25) is 14.4 Å². The number of rotatable bonds is 4. The topological polar surface area (TPSA) is 89.3 Å². The van der Waals surface area contributed by atoms with E-state index in [4.69, 9.17) is 5.73 Å². The quantitative estimate of drug-likeness (QED) is 0.412. The third kappa shape index (κ3) is 2.66. The molecule has 0 spiro atoms. The minimum atomic E-state index is -0.928. The molecule has 1 heterocycles. The van der Waals surface area contributed by atoms with Crippen molar-refractivity contribution in [3.8, 4) is 0 Å². The molecule has 0 aliphatic carbocycles. The number of carbonyl (C=O) groups is 3. The fourth-order valence-corrected chi connectivity index (χ4v) is 2.30. The van der Waals surface area contributed by atoms with Crippen molar-refractivity contribution in [1.29, 1.82) is 0 Å². The Morgan fingerprint density at radius 3 is 2.71 bits per heavy atom. The van der Waals surface area contributed by atoms with Gasteiger partial charge in [0, 0.05) is 12.5 Å². The van der Waals surface area contributed by atoms with Crippen molar-refractivity contribution >= 4 is 40.2 Å². The van der Waals surface area contributed by atoms with Crippen LogP contribution in [0.3, 0.4) is 0 Å². The third-order valence-electron chi connectivity index (χ3n) is 2.18. The lowest BCUT2D eigenvalue weighted by Gasteiger charge is -2.09. The van der Waals surface area contributed by atoms with Gasteiger partial charge in [0.1, 0.15) is 0 Å². The van der Waals surface area contributed by atoms with Crippen molar-refractivity contribution in [2.24, 2.45) is 11.7 Å². The molecule has 14 heavy (non-hydrogen) atoms. The Morgan fingerprint density at radius 1 is 1.64 bits per heavy atom. The van der Waals surface area contributed by atoms with E-state index < -0.39 is 15.6 Å². The van der Waals surface area contributed by atoms with Gasteiger partial charge in [-0.25, -0.2) is 0 Å². The molecule has 1 saturated heterocycles. The summed E-state index contributed by atoms with van der Waals surface area (Å²) in [5, 5.41) is 2.67. The lowest BCUT2D eigenvalue weighted by Crippen LogP contribution is -2.32. The van der Waals surface area contributed by atoms with Crippen molar-refractivity contribution in [3.63, 3.8) is 0 Å². The number of primary amides is 1. The predicted molar refractivity (Wildman–Crippen MR) is 57.7 cm³/mol. The normalized spacial score (nSPS) is 22.9. The Labute approximate surface area is 94.9 Å². The van der Waals surface area contributed by atoms with Crippen LogP contribution in [-0.2, 0) is 14.4 Å². The van der Waals surface area contributed by atoms with E-state index in [1.54, 1.807) is 0 Å². The van der Waals surface area contributed by atoms with Crippen LogP contribution in [0.5, 0.6) is 0 Å². The second-order valence-electron chi connectivity index (χ2n) is 3.21. The fourth-order valence-electron chi connectivity index (χ4n) is 1.38. The lowest BCUT2D eigenvalue weighted by atomic mass is 10.00. The zero-order valence-electron chi connectivity index (χ0n) is 7.46. The zero-order chi connectivity index (χ0) is 10.7. The number of hydrogen-bond acceptors (Lipinski definition) is 3. The molecule has 1 unspecified atom stereocenters. The molecule has 0 radical (unpaired) electrons. The van der Waals surface area contributed by atoms with Gasteiger partial charge in [0.15, 0.2) is 0 Å². The van der Waals surface area contributed by atoms with E-state index in [0.29, 0.717) is 13.0 Å². The SMILES string of the molecule is NC(=O)C(=O)C(I)C[C@@H]1CCNC1=O. The first-order chi connectivity index (χ1) is 6.52. The van der Waals surface area contributed by atoms with E-state index in [0.717, 1.165) is 6.42 Å². The van der Waals surface area contributed by atoms with Gasteiger partial charge in [-0.05, 0) is 12.8 Å². The second kappa shape index (κ2) is 4.72. The summed E-state index contributed by atoms with van der Waals surface area (Å²) >= 11 is 1.85. The van der Waals surface area contributed by atoms with Gasteiger partial charge in [-0.15, -0.1) is 0 Å². The maximum Gasteiger partial charge on any atom is 0.285 e. The third-order valence-corrected chi connectivity index (χ3v) is 3.26. The van der Waals surface area contributed by atoms with E-state index in [1.807, 2.05) is 22.6 Å². The first kappa shape index (κ1) is 11.4. The first-order valence-corrected chi connectivity index (χ1v) is 5.52. The monoisotopic (exact) mass is 310 g/mol. The van der Waals surface area contributed by atoms with Gasteiger partial charge in [0.2, 0.25) is 11.7 Å². The Morgan fingerprint density at radius 2 is 2.29 bits per heavy atom. The van der Waals surface area contributed by atoms with Crippen LogP contribution in [0.15, 0.2) is 0 Å². The Balaban J connectivity index is 2.47. The standard InChI is InChI=1S/C8H11IN2O3/c9-5(6(12)7(10)13)3-4-1-2-11-8(4)14/h4-5H,1-3H2,(H2,10,13)(H,11,14)/t4-,5?/m0/s1. The van der Waals surface area contributed by atoms with Crippen LogP contribution in [0.1, 0.15) is 12.8 Å². The van der Waals surface area contributed by atoms with E-state index in [2.05, 4.69) is 5.32 Å². The van der Waals surface area contributed by atoms with E-state index in [9.17, 15) is 14.4 Å². The molecule has 2 amide bonds. The van der Waals surface area contributed by atoms with Crippen molar-refractivity contribution in [2.45, 2.75) is 16.8 Å². The fraction of sp³-hybridized carbons (Fsp3) is 0.625. The van der Waals surface area contributed by atoms with Gasteiger partial charge in [-0.2, -0.15) is 0 Å². The number of ketones is 1. The Bertz CT molecular complexity index is 280. The van der Waals surface area contributed by atoms with Crippen molar-refractivity contribution in [1.82, 2.24) is 5.32 Å². The summed E-state index contributed by atoms with van der Waals surface area (Å²) in [5.41, 5.74) is 4.85. The summed E-state index contributed by atoms with van der Waals surface area (Å²) in [6.07, 6.45) is 1.12. The van der Waals surface area contributed by atoms with Crippen molar-refractivity contribution < 1.29 is 14.4 Å². The predicted octanol–water partition coefficient (Wildman–Crippen LogP) is -0.629. The molecule has 1 aliphatic heterocycles. The van der Waals surface area contributed by atoms with Gasteiger partial charge < -0.3 is 11.1 Å². The number of nitrogens with two attached hydrogens (primary N) is 1. The van der Waals surface area contributed by atoms with E-state index >= 15 is 0 Å². The van der Waals surface area contributed by atoms with Crippen LogP contribution in [-0.4, -0.2) is 28.1 Å². The highest BCUT2D eigenvalue weighted by molar-refractivity contribution is 14.1. The summed E-state index contributed by atoms with van der Waals surface area (Å²) in [6.45, 7) is 0.650. The number of nitrogens with one attached hydrogen (secondary N) is 1. The van der Waals surface area contributed by atoms with Crippen molar-refractivity contribution in [2.75, 3.05) is 6.54 Å². The van der Waals surface area contributed by atoms with E-state index in [1.165, 1.54) is 0 Å². The molecule has 5 nitrogen and oxygen atoms in total. The van der Waals surface area contributed by atoms with Gasteiger partial charge in [0.25, 0.3) is 5.91 Å². The maximum absolute atomic E-state index is 11.2. The Hall–Kier alpha value is -0.660. The van der Waals surface area contributed by atoms with Crippen LogP contribution in [0, 0.1) is 5.92 Å². The van der Waals surface area contributed by atoms with Gasteiger partial charge >= 0.3 is 0 Å². The average Bonchev–Trinajstić information content (AvgIpc) is 2.50. The minimum absolute atomic E-state index is 0.0380. The molecule has 1 aliphatic rings. The first-order valence-electron chi connectivity index (χ1n) is 4.27. The molecule has 78 valence electrons. The molecular formula is C8H11IN2O3. The molecule has 1 rings (SSSR count). The average molecular weight is 310 g/mol. The summed E-state index contributed by atoms with van der Waals surface area (Å²) in [5.74, 6) is -1.72. The summed E-state index contributed by atoms with van der Waals surface area (Å²) in [6, 6.07) is 0. The number of Topliss-reactive ketones (excluding diaryl/α,β-unsaturated/α-hetero) is 1. The molecule has 0 aromatic rings. The number of halogens is 1. The Kier molecular flexibility index (Phi) is 3.85. The highest BCUT2D eigenvalue weighted by atomic mass is 127. The molecule has 0 aromatic carbocycles. The number of alkyl halides is 1. The van der Waals surface area contributed by atoms with E-state index in [-0.39, 0.29) is 11.8 Å². The van der Waals surface area contributed by atoms with Crippen LogP contribution < -0.4 is 11.1 Å². The van der Waals surface area contributed by atoms with Crippen LogP contribution in [0.2, 0.25) is 0 Å². The summed E-state index contributed by atoms with van der Waals surface area (Å²) in [4.78, 5) is 32.8. The minimum Gasteiger partial charge on any atom is -0.363 e. The molecule has 2 atom stereocenters. The smallest absolute Gasteiger partial charge is 0.285 e. The van der Waals surface area contributed by atoms with Crippen LogP contribution in [0.4, 0.5) is 0 Å². The number of hydrogen-bond donors (Lipinski definition) is 2. The molecule has 0 aromatic heterocycles. The highest BCUT2D eigenvalue weighted by Gasteiger charge is 2.30. The number of amides is 2. The molecule has 0 bridgehead atoms. The van der Waals surface area contributed by atoms with Crippen molar-refractivity contribution in [3.05, 3.63) is 0 Å². The lowest BCUT2D eigenvalue weighted by molar-refractivity contribution is -0.135. The number of carbonyl (C=O) groups excluding carboxylic acids is 3. The molecule has 0 saturated carbocycles. The molecule has 3 N–H and O–H groups in total. The van der Waals surface area contributed by atoms with Crippen LogP contribution >= 0.6 is 22.6 Å². The summed E-state index contributed by atoms with van der Waals surface area (Å²) < 4.78 is -0.487. The zero-order valence-corrected chi connectivity index (χ0v) is 9.61. The molecular weight excluding hydrogens is 299 g/mol. The largest absolute Gasteiger partial charge is 0.363 e. The second-order valence-corrected chi connectivity index (χ2v) is 4.71. The van der Waals surface area contributed by atoms with Gasteiger partial charge in [-0.1, -0.05) is 22.6 Å².